The van der Waals surface area contributed by atoms with Crippen LogP contribution in [0.4, 0.5) is 4.39 Å². The van der Waals surface area contributed by atoms with Crippen molar-refractivity contribution in [1.29, 1.82) is 5.26 Å². The average Bonchev–Trinajstić information content (AvgIpc) is 2.41. The fraction of sp³-hybridized carbons (Fsp3) is 0.462. The molecule has 0 bridgehead atoms. The number of halogens is 1. The molecule has 0 spiro atoms. The molecule has 0 amide bonds. The van der Waals surface area contributed by atoms with Crippen molar-refractivity contribution in [3.8, 4) is 6.07 Å². The Labute approximate surface area is 117 Å². The highest BCUT2D eigenvalue weighted by molar-refractivity contribution is 7.89. The van der Waals surface area contributed by atoms with Crippen LogP contribution in [0.5, 0.6) is 0 Å². The van der Waals surface area contributed by atoms with E-state index < -0.39 is 28.0 Å². The van der Waals surface area contributed by atoms with Gasteiger partial charge in [-0.2, -0.15) is 5.26 Å². The number of nitrogens with zero attached hydrogens (tertiary/aromatic N) is 1. The topological polar surface area (TPSA) is 90.2 Å². The first-order valence-corrected chi connectivity index (χ1v) is 7.82. The zero-order chi connectivity index (χ0) is 14.8. The van der Waals surface area contributed by atoms with E-state index in [2.05, 4.69) is 4.72 Å². The smallest absolute Gasteiger partial charge is 0.240 e. The van der Waals surface area contributed by atoms with Crippen LogP contribution >= 0.6 is 0 Å². The minimum Gasteiger partial charge on any atom is -0.391 e. The van der Waals surface area contributed by atoms with Crippen molar-refractivity contribution in [2.75, 3.05) is 0 Å². The van der Waals surface area contributed by atoms with Crippen molar-refractivity contribution in [1.82, 2.24) is 4.72 Å². The summed E-state index contributed by atoms with van der Waals surface area (Å²) >= 11 is 0. The van der Waals surface area contributed by atoms with Crippen molar-refractivity contribution in [2.45, 2.75) is 42.7 Å². The summed E-state index contributed by atoms with van der Waals surface area (Å²) in [6.07, 6.45) is 2.12. The van der Waals surface area contributed by atoms with Gasteiger partial charge in [0.15, 0.2) is 0 Å². The maximum absolute atomic E-state index is 13.2. The molecule has 1 aromatic carbocycles. The minimum absolute atomic E-state index is 0.173. The number of benzene rings is 1. The number of aliphatic hydroxyl groups is 1. The molecular weight excluding hydrogens is 283 g/mol. The fourth-order valence-electron chi connectivity index (χ4n) is 2.27. The highest BCUT2D eigenvalue weighted by atomic mass is 32.2. The van der Waals surface area contributed by atoms with E-state index in [1.807, 2.05) is 0 Å². The number of hydrogen-bond acceptors (Lipinski definition) is 4. The highest BCUT2D eigenvalue weighted by Gasteiger charge is 2.28. The highest BCUT2D eigenvalue weighted by Crippen LogP contribution is 2.21. The Morgan fingerprint density at radius 1 is 1.35 bits per heavy atom. The van der Waals surface area contributed by atoms with Gasteiger partial charge >= 0.3 is 0 Å². The Kier molecular flexibility index (Phi) is 4.38. The van der Waals surface area contributed by atoms with Crippen LogP contribution in [-0.2, 0) is 10.0 Å². The second-order valence-electron chi connectivity index (χ2n) is 4.83. The van der Waals surface area contributed by atoms with Crippen LogP contribution in [-0.4, -0.2) is 25.7 Å². The first-order chi connectivity index (χ1) is 9.44. The van der Waals surface area contributed by atoms with Crippen LogP contribution in [0.3, 0.4) is 0 Å². The lowest BCUT2D eigenvalue weighted by molar-refractivity contribution is 0.101. The van der Waals surface area contributed by atoms with Gasteiger partial charge in [0.1, 0.15) is 11.9 Å². The second kappa shape index (κ2) is 5.87. The summed E-state index contributed by atoms with van der Waals surface area (Å²) in [5.74, 6) is -0.760. The van der Waals surface area contributed by atoms with Gasteiger partial charge in [0.25, 0.3) is 0 Å². The van der Waals surface area contributed by atoms with Gasteiger partial charge in [0, 0.05) is 6.04 Å². The number of sulfonamides is 1. The number of nitriles is 1. The first-order valence-electron chi connectivity index (χ1n) is 6.34. The van der Waals surface area contributed by atoms with E-state index in [0.717, 1.165) is 31.0 Å². The molecular formula is C13H15FN2O3S. The average molecular weight is 298 g/mol. The molecule has 1 saturated carbocycles. The van der Waals surface area contributed by atoms with Crippen molar-refractivity contribution >= 4 is 10.0 Å². The normalized spacial score (nSPS) is 23.2. The van der Waals surface area contributed by atoms with E-state index in [9.17, 15) is 17.9 Å². The third-order valence-electron chi connectivity index (χ3n) is 3.40. The molecule has 108 valence electrons. The van der Waals surface area contributed by atoms with E-state index in [4.69, 9.17) is 5.26 Å². The van der Waals surface area contributed by atoms with Crippen molar-refractivity contribution in [2.24, 2.45) is 0 Å². The van der Waals surface area contributed by atoms with Gasteiger partial charge < -0.3 is 5.11 Å². The number of hydrogen-bond donors (Lipinski definition) is 2. The maximum atomic E-state index is 13.2. The van der Waals surface area contributed by atoms with Crippen LogP contribution in [0.1, 0.15) is 31.2 Å². The fourth-order valence-corrected chi connectivity index (χ4v) is 3.60. The summed E-state index contributed by atoms with van der Waals surface area (Å²) in [5.41, 5.74) is -0.322. The molecule has 1 aliphatic rings. The minimum atomic E-state index is -3.87. The molecule has 20 heavy (non-hydrogen) atoms. The summed E-state index contributed by atoms with van der Waals surface area (Å²) in [7, 11) is -3.87. The first kappa shape index (κ1) is 14.9. The summed E-state index contributed by atoms with van der Waals surface area (Å²) in [6.45, 7) is 0. The van der Waals surface area contributed by atoms with E-state index >= 15 is 0 Å². The largest absolute Gasteiger partial charge is 0.391 e. The van der Waals surface area contributed by atoms with Crippen molar-refractivity contribution in [3.63, 3.8) is 0 Å². The summed E-state index contributed by atoms with van der Waals surface area (Å²) in [4.78, 5) is -0.173. The lowest BCUT2D eigenvalue weighted by Gasteiger charge is -2.28. The molecule has 1 aromatic rings. The van der Waals surface area contributed by atoms with E-state index in [0.29, 0.717) is 12.8 Å². The number of rotatable bonds is 3. The Hall–Kier alpha value is -1.49. The molecule has 1 fully saturated rings. The van der Waals surface area contributed by atoms with Crippen LogP contribution in [0.2, 0.25) is 0 Å². The predicted molar refractivity (Wildman–Crippen MR) is 69.7 cm³/mol. The monoisotopic (exact) mass is 298 g/mol. The van der Waals surface area contributed by atoms with Crippen molar-refractivity contribution < 1.29 is 17.9 Å². The van der Waals surface area contributed by atoms with Gasteiger partial charge in [0.05, 0.1) is 16.6 Å². The predicted octanol–water partition coefficient (Wildman–Crippen LogP) is 1.28. The molecule has 5 nitrogen and oxygen atoms in total. The van der Waals surface area contributed by atoms with Gasteiger partial charge in [-0.1, -0.05) is 12.8 Å². The van der Waals surface area contributed by atoms with Gasteiger partial charge in [-0.15, -0.1) is 0 Å². The van der Waals surface area contributed by atoms with E-state index in [1.54, 1.807) is 6.07 Å². The Bertz CT molecular complexity index is 640. The number of aliphatic hydroxyl groups excluding tert-OH is 1. The summed E-state index contributed by atoms with van der Waals surface area (Å²) in [5, 5.41) is 18.5. The third kappa shape index (κ3) is 3.15. The zero-order valence-electron chi connectivity index (χ0n) is 10.7. The van der Waals surface area contributed by atoms with Gasteiger partial charge in [0.2, 0.25) is 10.0 Å². The molecule has 0 heterocycles. The summed E-state index contributed by atoms with van der Waals surface area (Å²) < 4.78 is 40.0. The summed E-state index contributed by atoms with van der Waals surface area (Å²) in [6, 6.07) is 4.11. The maximum Gasteiger partial charge on any atom is 0.240 e. The number of nitrogens with one attached hydrogen (secondary N) is 1. The van der Waals surface area contributed by atoms with Crippen LogP contribution in [0.15, 0.2) is 23.1 Å². The molecule has 0 aromatic heterocycles. The molecule has 1 aliphatic carbocycles. The Morgan fingerprint density at radius 3 is 2.70 bits per heavy atom. The molecule has 2 N–H and O–H groups in total. The Balaban J connectivity index is 2.24. The van der Waals surface area contributed by atoms with Crippen LogP contribution < -0.4 is 4.72 Å². The molecule has 0 unspecified atom stereocenters. The molecule has 0 saturated heterocycles. The molecule has 2 rings (SSSR count). The van der Waals surface area contributed by atoms with Crippen LogP contribution in [0, 0.1) is 17.1 Å². The second-order valence-corrected chi connectivity index (χ2v) is 6.55. The van der Waals surface area contributed by atoms with Crippen LogP contribution in [0.25, 0.3) is 0 Å². The SMILES string of the molecule is N#Cc1cc(S(=O)(=O)N[C@@H]2CCCC[C@H]2O)ccc1F. The molecule has 2 atom stereocenters. The Morgan fingerprint density at radius 2 is 2.05 bits per heavy atom. The van der Waals surface area contributed by atoms with E-state index in [-0.39, 0.29) is 10.5 Å². The van der Waals surface area contributed by atoms with Gasteiger partial charge in [-0.05, 0) is 31.0 Å². The van der Waals surface area contributed by atoms with Gasteiger partial charge in [-0.25, -0.2) is 17.5 Å². The van der Waals surface area contributed by atoms with Gasteiger partial charge in [-0.3, -0.25) is 0 Å². The zero-order valence-corrected chi connectivity index (χ0v) is 11.5. The lowest BCUT2D eigenvalue weighted by Crippen LogP contribution is -2.44. The standard InChI is InChI=1S/C13H15FN2O3S/c14-11-6-5-10(7-9(11)8-15)20(18,19)16-12-3-1-2-4-13(12)17/h5-7,12-13,16-17H,1-4H2/t12-,13-/m1/s1. The molecule has 0 radical (unpaired) electrons. The quantitative estimate of drug-likeness (QED) is 0.879. The molecule has 0 aliphatic heterocycles. The molecule has 7 heteroatoms. The van der Waals surface area contributed by atoms with Crippen molar-refractivity contribution in [3.05, 3.63) is 29.6 Å². The lowest BCUT2D eigenvalue weighted by atomic mass is 9.93. The third-order valence-corrected chi connectivity index (χ3v) is 4.89. The van der Waals surface area contributed by atoms with E-state index in [1.165, 1.54) is 0 Å².